The number of amides is 3. The number of aromatic nitrogens is 1. The van der Waals surface area contributed by atoms with Crippen molar-refractivity contribution >= 4 is 63.8 Å². The predicted octanol–water partition coefficient (Wildman–Crippen LogP) is 5.31. The summed E-state index contributed by atoms with van der Waals surface area (Å²) in [4.78, 5) is 55.4. The summed E-state index contributed by atoms with van der Waals surface area (Å²) in [6.07, 6.45) is 0. The maximum Gasteiger partial charge on any atom is 0.308 e. The Hall–Kier alpha value is -3.66. The molecule has 10 heteroatoms. The molecule has 2 aliphatic rings. The van der Waals surface area contributed by atoms with Crippen LogP contribution in [0.4, 0.5) is 11.4 Å². The molecule has 3 atom stereocenters. The fourth-order valence-electron chi connectivity index (χ4n) is 5.16. The first-order valence-corrected chi connectivity index (χ1v) is 14.3. The van der Waals surface area contributed by atoms with Gasteiger partial charge in [0.25, 0.3) is 0 Å². The van der Waals surface area contributed by atoms with Gasteiger partial charge in [-0.25, -0.2) is 4.90 Å². The first-order chi connectivity index (χ1) is 18.8. The highest BCUT2D eigenvalue weighted by Gasteiger charge is 2.56. The molecule has 3 aromatic carbocycles. The Morgan fingerprint density at radius 2 is 1.62 bits per heavy atom. The van der Waals surface area contributed by atoms with Crippen molar-refractivity contribution in [2.24, 2.45) is 5.92 Å². The number of anilines is 2. The van der Waals surface area contributed by atoms with Gasteiger partial charge in [-0.2, -0.15) is 0 Å². The number of nitrogens with one attached hydrogen (secondary N) is 1. The molecule has 0 bridgehead atoms. The number of carbonyl (C=O) groups is 3. The smallest absolute Gasteiger partial charge is 0.308 e. The molecule has 196 valence electrons. The molecule has 0 radical (unpaired) electrons. The van der Waals surface area contributed by atoms with E-state index in [2.05, 4.69) is 5.32 Å². The van der Waals surface area contributed by atoms with Gasteiger partial charge in [0, 0.05) is 21.5 Å². The van der Waals surface area contributed by atoms with E-state index in [1.807, 2.05) is 43.3 Å². The minimum absolute atomic E-state index is 0.207. The molecule has 0 saturated carbocycles. The molecule has 1 fully saturated rings. The molecule has 7 nitrogen and oxygen atoms in total. The highest BCUT2D eigenvalue weighted by atomic mass is 35.5. The van der Waals surface area contributed by atoms with Crippen LogP contribution in [0.25, 0.3) is 0 Å². The molecule has 2 aliphatic heterocycles. The number of para-hydroxylation sites is 2. The Bertz CT molecular complexity index is 1670. The molecule has 0 aliphatic carbocycles. The second-order valence-corrected chi connectivity index (χ2v) is 12.0. The third-order valence-electron chi connectivity index (χ3n) is 7.01. The Morgan fingerprint density at radius 3 is 2.33 bits per heavy atom. The van der Waals surface area contributed by atoms with E-state index in [-0.39, 0.29) is 29.1 Å². The van der Waals surface area contributed by atoms with E-state index in [1.54, 1.807) is 42.5 Å². The summed E-state index contributed by atoms with van der Waals surface area (Å²) in [7, 11) is 0. The zero-order valence-corrected chi connectivity index (χ0v) is 23.1. The number of rotatable bonds is 5. The fourth-order valence-corrected chi connectivity index (χ4v) is 8.06. The van der Waals surface area contributed by atoms with Crippen molar-refractivity contribution in [3.05, 3.63) is 110 Å². The number of benzene rings is 3. The molecule has 2 unspecified atom stereocenters. The van der Waals surface area contributed by atoms with Crippen molar-refractivity contribution in [3.8, 4) is 0 Å². The van der Waals surface area contributed by atoms with E-state index in [9.17, 15) is 19.2 Å². The van der Waals surface area contributed by atoms with Crippen LogP contribution >= 0.6 is 34.7 Å². The van der Waals surface area contributed by atoms with Crippen LogP contribution in [-0.2, 0) is 20.9 Å². The Labute approximate surface area is 237 Å². The molecule has 3 heterocycles. The molecule has 1 saturated heterocycles. The quantitative estimate of drug-likeness (QED) is 0.326. The van der Waals surface area contributed by atoms with Crippen LogP contribution in [0.2, 0.25) is 5.02 Å². The monoisotopic (exact) mass is 575 g/mol. The highest BCUT2D eigenvalue weighted by molar-refractivity contribution is 8.00. The lowest BCUT2D eigenvalue weighted by Gasteiger charge is -2.30. The van der Waals surface area contributed by atoms with Crippen LogP contribution in [-0.4, -0.2) is 27.5 Å². The summed E-state index contributed by atoms with van der Waals surface area (Å²) in [6, 6.07) is 23.4. The minimum atomic E-state index is -0.745. The molecule has 1 N–H and O–H groups in total. The van der Waals surface area contributed by atoms with Gasteiger partial charge in [0.1, 0.15) is 11.8 Å². The normalized spacial score (nSPS) is 20.1. The fraction of sp³-hybridized carbons (Fsp3) is 0.172. The molecule has 3 amide bonds. The average molecular weight is 576 g/mol. The van der Waals surface area contributed by atoms with Gasteiger partial charge in [0.15, 0.2) is 0 Å². The lowest BCUT2D eigenvalue weighted by Crippen LogP contribution is -2.33. The van der Waals surface area contributed by atoms with Crippen molar-refractivity contribution < 1.29 is 14.4 Å². The van der Waals surface area contributed by atoms with Gasteiger partial charge in [0.2, 0.25) is 17.7 Å². The molecular formula is C29H22ClN3O4S2. The van der Waals surface area contributed by atoms with Crippen molar-refractivity contribution in [2.75, 3.05) is 10.2 Å². The van der Waals surface area contributed by atoms with Crippen molar-refractivity contribution in [1.82, 2.24) is 4.57 Å². The van der Waals surface area contributed by atoms with E-state index in [0.29, 0.717) is 26.3 Å². The number of fused-ring (bicyclic) bond motifs is 2. The molecule has 39 heavy (non-hydrogen) atoms. The maximum absolute atomic E-state index is 13.8. The zero-order valence-electron chi connectivity index (χ0n) is 20.7. The Balaban J connectivity index is 1.42. The van der Waals surface area contributed by atoms with Gasteiger partial charge >= 0.3 is 4.87 Å². The van der Waals surface area contributed by atoms with Crippen molar-refractivity contribution in [3.63, 3.8) is 0 Å². The van der Waals surface area contributed by atoms with E-state index in [0.717, 1.165) is 22.5 Å². The van der Waals surface area contributed by atoms with Gasteiger partial charge in [-0.05, 0) is 48.4 Å². The van der Waals surface area contributed by atoms with Gasteiger partial charge in [0.05, 0.1) is 16.6 Å². The second kappa shape index (κ2) is 10.1. The average Bonchev–Trinajstić information content (AvgIpc) is 3.37. The summed E-state index contributed by atoms with van der Waals surface area (Å²) < 4.78 is 1.42. The number of carbonyl (C=O) groups excluding carboxylic acids is 3. The van der Waals surface area contributed by atoms with Gasteiger partial charge in [-0.3, -0.25) is 23.7 Å². The lowest BCUT2D eigenvalue weighted by atomic mass is 9.83. The standard InChI is InChI=1S/C29H22ClN3O4S2/c1-16-7-5-6-10-20(16)31-21(34)15-32-28-25(39-29(32)37)22(17-11-13-18(30)14-12-17)23-24(38-28)27(36)33(26(23)35)19-8-3-2-4-9-19/h2-14,22-24H,15H2,1H3,(H,31,34)/t22-,23?,24?/m1/s1. The second-order valence-electron chi connectivity index (χ2n) is 9.43. The van der Waals surface area contributed by atoms with Crippen molar-refractivity contribution in [1.29, 1.82) is 0 Å². The maximum atomic E-state index is 13.8. The summed E-state index contributed by atoms with van der Waals surface area (Å²) in [5.41, 5.74) is 2.86. The summed E-state index contributed by atoms with van der Waals surface area (Å²) in [5.74, 6) is -2.23. The minimum Gasteiger partial charge on any atom is -0.324 e. The SMILES string of the molecule is Cc1ccccc1NC(=O)Cn1c2c(sc1=O)[C@H](c1ccc(Cl)cc1)C1C(=O)N(c3ccccc3)C(=O)C1S2. The van der Waals surface area contributed by atoms with Crippen LogP contribution in [0.1, 0.15) is 21.9 Å². The third kappa shape index (κ3) is 4.50. The number of hydrogen-bond acceptors (Lipinski definition) is 6. The summed E-state index contributed by atoms with van der Waals surface area (Å²) >= 11 is 8.36. The first kappa shape index (κ1) is 25.6. The van der Waals surface area contributed by atoms with E-state index < -0.39 is 17.1 Å². The van der Waals surface area contributed by atoms with Crippen LogP contribution in [0.3, 0.4) is 0 Å². The number of nitrogens with zero attached hydrogens (tertiary/aromatic N) is 2. The van der Waals surface area contributed by atoms with E-state index in [4.69, 9.17) is 11.6 Å². The molecular weight excluding hydrogens is 554 g/mol. The Morgan fingerprint density at radius 1 is 0.923 bits per heavy atom. The summed E-state index contributed by atoms with van der Waals surface area (Å²) in [5, 5.41) is 3.21. The topological polar surface area (TPSA) is 88.5 Å². The van der Waals surface area contributed by atoms with Gasteiger partial charge < -0.3 is 5.32 Å². The number of thiazole rings is 1. The van der Waals surface area contributed by atoms with Crippen LogP contribution < -0.4 is 15.1 Å². The van der Waals surface area contributed by atoms with E-state index in [1.165, 1.54) is 21.2 Å². The number of halogens is 1. The van der Waals surface area contributed by atoms with Crippen LogP contribution in [0.15, 0.2) is 88.7 Å². The number of thioether (sulfide) groups is 1. The van der Waals surface area contributed by atoms with Crippen LogP contribution in [0.5, 0.6) is 0 Å². The lowest BCUT2D eigenvalue weighted by molar-refractivity contribution is -0.122. The molecule has 6 rings (SSSR count). The predicted molar refractivity (Wildman–Crippen MR) is 154 cm³/mol. The van der Waals surface area contributed by atoms with Gasteiger partial charge in [-0.15, -0.1) is 0 Å². The zero-order chi connectivity index (χ0) is 27.3. The molecule has 4 aromatic rings. The number of imide groups is 1. The largest absolute Gasteiger partial charge is 0.324 e. The first-order valence-electron chi connectivity index (χ1n) is 12.3. The van der Waals surface area contributed by atoms with E-state index >= 15 is 0 Å². The van der Waals surface area contributed by atoms with Crippen molar-refractivity contribution in [2.45, 2.75) is 29.7 Å². The number of aryl methyl sites for hydroxylation is 1. The van der Waals surface area contributed by atoms with Gasteiger partial charge in [-0.1, -0.05) is 83.2 Å². The molecule has 1 aromatic heterocycles. The third-order valence-corrected chi connectivity index (χ3v) is 9.87. The highest BCUT2D eigenvalue weighted by Crippen LogP contribution is 2.53. The number of hydrogen-bond donors (Lipinski definition) is 1. The Kier molecular flexibility index (Phi) is 6.66. The molecule has 0 spiro atoms. The summed E-state index contributed by atoms with van der Waals surface area (Å²) in [6.45, 7) is 1.68. The van der Waals surface area contributed by atoms with Crippen LogP contribution in [0, 0.1) is 12.8 Å².